The SMILES string of the molecule is C[C@@H]1O[C@@H](Oc2cc(O)c3c(=O)c(O)c(-c4ccc(O)cc4)oc3c2)[C@H](O)[C@H](O)[C@H]1O[C@@H]1O[C@H](COC(=O)C=Cc2ccc(O)c(O)c2)[C@@H](O)[C@H](O)[C@H]1O. The van der Waals surface area contributed by atoms with Crippen molar-refractivity contribution in [1.29, 1.82) is 0 Å². The number of carbonyl (C=O) groups is 1. The van der Waals surface area contributed by atoms with E-state index in [1.54, 1.807) is 0 Å². The van der Waals surface area contributed by atoms with Crippen molar-refractivity contribution >= 4 is 23.0 Å². The van der Waals surface area contributed by atoms with Crippen LogP contribution in [0.5, 0.6) is 34.5 Å². The van der Waals surface area contributed by atoms with Crippen LogP contribution in [-0.2, 0) is 23.7 Å². The van der Waals surface area contributed by atoms with Gasteiger partial charge in [-0.1, -0.05) is 6.07 Å². The first-order valence-electron chi connectivity index (χ1n) is 16.3. The zero-order valence-electron chi connectivity index (χ0n) is 28.1. The van der Waals surface area contributed by atoms with Gasteiger partial charge in [-0.05, 0) is 55.0 Å². The van der Waals surface area contributed by atoms with Gasteiger partial charge in [-0.3, -0.25) is 4.79 Å². The average molecular weight is 757 g/mol. The summed E-state index contributed by atoms with van der Waals surface area (Å²) < 4.78 is 33.6. The van der Waals surface area contributed by atoms with Crippen molar-refractivity contribution in [3.05, 3.63) is 76.5 Å². The number of phenolic OH excluding ortho intramolecular Hbond substituents is 4. The molecule has 2 aliphatic heterocycles. The van der Waals surface area contributed by atoms with Gasteiger partial charge in [0.25, 0.3) is 0 Å². The van der Waals surface area contributed by atoms with Gasteiger partial charge in [0.1, 0.15) is 77.6 Å². The molecular formula is C36H36O18. The van der Waals surface area contributed by atoms with E-state index >= 15 is 0 Å². The molecule has 0 radical (unpaired) electrons. The van der Waals surface area contributed by atoms with Gasteiger partial charge in [0.05, 0.1) is 6.10 Å². The van der Waals surface area contributed by atoms with Crippen LogP contribution in [0, 0.1) is 0 Å². The Morgan fingerprint density at radius 2 is 1.48 bits per heavy atom. The summed E-state index contributed by atoms with van der Waals surface area (Å²) in [6.45, 7) is 0.793. The number of aliphatic hydroxyl groups is 5. The molecule has 2 saturated heterocycles. The summed E-state index contributed by atoms with van der Waals surface area (Å²) in [5.41, 5.74) is -0.608. The van der Waals surface area contributed by atoms with E-state index in [-0.39, 0.29) is 39.5 Å². The van der Waals surface area contributed by atoms with Crippen LogP contribution in [-0.4, -0.2) is 125 Å². The molecule has 6 rings (SSSR count). The Labute approximate surface area is 304 Å². The van der Waals surface area contributed by atoms with E-state index in [1.807, 2.05) is 0 Å². The van der Waals surface area contributed by atoms with Gasteiger partial charge in [-0.2, -0.15) is 0 Å². The Balaban J connectivity index is 1.12. The molecule has 0 saturated carbocycles. The second-order valence-electron chi connectivity index (χ2n) is 12.6. The number of aliphatic hydroxyl groups excluding tert-OH is 5. The average Bonchev–Trinajstić information content (AvgIpc) is 3.13. The van der Waals surface area contributed by atoms with Crippen LogP contribution >= 0.6 is 0 Å². The first kappa shape index (κ1) is 38.3. The predicted molar refractivity (Wildman–Crippen MR) is 181 cm³/mol. The summed E-state index contributed by atoms with van der Waals surface area (Å²) in [5.74, 6) is -3.66. The third-order valence-corrected chi connectivity index (χ3v) is 8.84. The fourth-order valence-corrected chi connectivity index (χ4v) is 5.91. The minimum atomic E-state index is -1.87. The van der Waals surface area contributed by atoms with Gasteiger partial charge in [0, 0.05) is 23.8 Å². The van der Waals surface area contributed by atoms with Crippen molar-refractivity contribution in [2.45, 2.75) is 68.3 Å². The Bertz CT molecular complexity index is 2080. The number of hydrogen-bond acceptors (Lipinski definition) is 18. The summed E-state index contributed by atoms with van der Waals surface area (Å²) in [6, 6.07) is 11.4. The Morgan fingerprint density at radius 1 is 0.778 bits per heavy atom. The van der Waals surface area contributed by atoms with E-state index in [2.05, 4.69) is 0 Å². The van der Waals surface area contributed by atoms with Crippen molar-refractivity contribution in [1.82, 2.24) is 0 Å². The molecule has 3 heterocycles. The molecule has 2 aliphatic rings. The normalized spacial score (nSPS) is 28.6. The highest BCUT2D eigenvalue weighted by Gasteiger charge is 2.50. The molecular weight excluding hydrogens is 720 g/mol. The summed E-state index contributed by atoms with van der Waals surface area (Å²) in [4.78, 5) is 25.2. The van der Waals surface area contributed by atoms with Crippen molar-refractivity contribution in [2.24, 2.45) is 0 Å². The zero-order valence-corrected chi connectivity index (χ0v) is 28.1. The van der Waals surface area contributed by atoms with Gasteiger partial charge in [0.2, 0.25) is 17.5 Å². The monoisotopic (exact) mass is 756 g/mol. The number of phenols is 4. The molecule has 0 amide bonds. The first-order valence-corrected chi connectivity index (χ1v) is 16.3. The highest BCUT2D eigenvalue weighted by atomic mass is 16.7. The minimum absolute atomic E-state index is 0.0765. The van der Waals surface area contributed by atoms with Crippen LogP contribution in [0.25, 0.3) is 28.4 Å². The molecule has 18 heteroatoms. The molecule has 18 nitrogen and oxygen atoms in total. The van der Waals surface area contributed by atoms with E-state index in [0.29, 0.717) is 5.56 Å². The van der Waals surface area contributed by atoms with Crippen molar-refractivity contribution in [3.63, 3.8) is 0 Å². The summed E-state index contributed by atoms with van der Waals surface area (Å²) in [7, 11) is 0. The lowest BCUT2D eigenvalue weighted by Gasteiger charge is -2.45. The molecule has 0 spiro atoms. The maximum atomic E-state index is 12.9. The molecule has 10 N–H and O–H groups in total. The van der Waals surface area contributed by atoms with E-state index in [4.69, 9.17) is 28.1 Å². The zero-order chi connectivity index (χ0) is 39.0. The van der Waals surface area contributed by atoms with E-state index in [1.165, 1.54) is 61.5 Å². The molecule has 4 aromatic rings. The smallest absolute Gasteiger partial charge is 0.330 e. The molecule has 1 aromatic heterocycles. The standard InChI is InChI=1S/C36H36O18/c1-14-33(54-36-31(47)28(44)26(42)23(53-36)13-49-24(41)9-3-15-2-8-19(38)20(39)10-15)30(46)32(48)35(50-14)51-18-11-21(40)25-22(12-18)52-34(29(45)27(25)43)16-4-6-17(37)7-5-16/h2-12,14,23,26,28,30-33,35-40,42,44-48H,13H2,1H3/t14-,23+,26+,28-,30-,31+,32+,33-,35-,36-/m0/s1. The van der Waals surface area contributed by atoms with Gasteiger partial charge >= 0.3 is 5.97 Å². The van der Waals surface area contributed by atoms with E-state index in [9.17, 15) is 60.7 Å². The van der Waals surface area contributed by atoms with Crippen molar-refractivity contribution in [3.8, 4) is 45.8 Å². The minimum Gasteiger partial charge on any atom is -0.508 e. The van der Waals surface area contributed by atoms with E-state index < -0.39 is 96.7 Å². The Morgan fingerprint density at radius 3 is 2.19 bits per heavy atom. The van der Waals surface area contributed by atoms with Gasteiger partial charge < -0.3 is 79.2 Å². The number of hydrogen-bond donors (Lipinski definition) is 10. The quantitative estimate of drug-likeness (QED) is 0.0623. The number of benzene rings is 3. The number of carbonyl (C=O) groups excluding carboxylic acids is 1. The number of esters is 1. The molecule has 3 aromatic carbocycles. The number of rotatable bonds is 9. The highest BCUT2D eigenvalue weighted by Crippen LogP contribution is 2.37. The highest BCUT2D eigenvalue weighted by molar-refractivity contribution is 5.88. The topological polar surface area (TPSA) is 296 Å². The maximum absolute atomic E-state index is 12.9. The number of aromatic hydroxyl groups is 5. The molecule has 2 fully saturated rings. The predicted octanol–water partition coefficient (Wildman–Crippen LogP) is 0.283. The molecule has 54 heavy (non-hydrogen) atoms. The fraction of sp³-hybridized carbons (Fsp3) is 0.333. The van der Waals surface area contributed by atoms with Crippen LogP contribution < -0.4 is 10.2 Å². The molecule has 10 atom stereocenters. The van der Waals surface area contributed by atoms with Crippen LogP contribution in [0.3, 0.4) is 0 Å². The molecule has 288 valence electrons. The second-order valence-corrected chi connectivity index (χ2v) is 12.6. The van der Waals surface area contributed by atoms with Gasteiger partial charge in [-0.25, -0.2) is 4.79 Å². The van der Waals surface area contributed by atoms with Crippen molar-refractivity contribution in [2.75, 3.05) is 6.61 Å². The molecule has 0 bridgehead atoms. The van der Waals surface area contributed by atoms with Crippen molar-refractivity contribution < 1.29 is 84.0 Å². The third-order valence-electron chi connectivity index (χ3n) is 8.84. The third kappa shape index (κ3) is 7.77. The van der Waals surface area contributed by atoms with Crippen LogP contribution in [0.2, 0.25) is 0 Å². The lowest BCUT2D eigenvalue weighted by Crippen LogP contribution is -2.64. The maximum Gasteiger partial charge on any atom is 0.330 e. The summed E-state index contributed by atoms with van der Waals surface area (Å²) in [5, 5.41) is 103. The van der Waals surface area contributed by atoms with Crippen LogP contribution in [0.15, 0.2) is 69.9 Å². The number of fused-ring (bicyclic) bond motifs is 1. The second kappa shape index (κ2) is 15.5. The lowest BCUT2D eigenvalue weighted by atomic mass is 9.97. The first-order chi connectivity index (χ1) is 25.6. The number of ether oxygens (including phenoxy) is 5. The van der Waals surface area contributed by atoms with E-state index in [0.717, 1.165) is 12.1 Å². The van der Waals surface area contributed by atoms with Gasteiger partial charge in [0.15, 0.2) is 23.5 Å². The van der Waals surface area contributed by atoms with Crippen LogP contribution in [0.1, 0.15) is 12.5 Å². The Kier molecular flexibility index (Phi) is 11.0. The fourth-order valence-electron chi connectivity index (χ4n) is 5.91. The molecule has 0 unspecified atom stereocenters. The van der Waals surface area contributed by atoms with Gasteiger partial charge in [-0.15, -0.1) is 0 Å². The largest absolute Gasteiger partial charge is 0.508 e. The van der Waals surface area contributed by atoms with Crippen LogP contribution in [0.4, 0.5) is 0 Å². The summed E-state index contributed by atoms with van der Waals surface area (Å²) in [6.07, 6.45) is -14.2. The Hall–Kier alpha value is -5.44. The molecule has 0 aliphatic carbocycles. The summed E-state index contributed by atoms with van der Waals surface area (Å²) >= 11 is 0. The lowest BCUT2D eigenvalue weighted by molar-refractivity contribution is -0.349.